The third kappa shape index (κ3) is 3.37. The summed E-state index contributed by atoms with van der Waals surface area (Å²) in [4.78, 5) is 12.8. The summed E-state index contributed by atoms with van der Waals surface area (Å²) in [6.45, 7) is 9.60. The Morgan fingerprint density at radius 1 is 1.10 bits per heavy atom. The van der Waals surface area contributed by atoms with Crippen LogP contribution in [0.25, 0.3) is 10.9 Å². The number of hydrogen-bond donors (Lipinski definition) is 1. The molecule has 156 valence electrons. The third-order valence-electron chi connectivity index (χ3n) is 5.79. The summed E-state index contributed by atoms with van der Waals surface area (Å²) >= 11 is 0. The zero-order valence-electron chi connectivity index (χ0n) is 18.0. The number of para-hydroxylation sites is 2. The quantitative estimate of drug-likeness (QED) is 0.469. The van der Waals surface area contributed by atoms with Crippen molar-refractivity contribution in [3.05, 3.63) is 59.2 Å². The second-order valence-corrected chi connectivity index (χ2v) is 7.51. The van der Waals surface area contributed by atoms with Crippen LogP contribution in [0.2, 0.25) is 0 Å². The van der Waals surface area contributed by atoms with Crippen molar-refractivity contribution in [2.75, 3.05) is 26.2 Å². The number of nitrogens with zero attached hydrogens (tertiary/aromatic N) is 4. The minimum absolute atomic E-state index is 0.182. The molecule has 0 spiro atoms. The summed E-state index contributed by atoms with van der Waals surface area (Å²) in [5, 5.41) is 16.4. The Hall–Kier alpha value is -3.12. The molecule has 0 saturated carbocycles. The van der Waals surface area contributed by atoms with Crippen LogP contribution < -0.4 is 0 Å². The maximum atomic E-state index is 11.0. The maximum Gasteiger partial charge on any atom is 0.201 e. The van der Waals surface area contributed by atoms with Gasteiger partial charge in [-0.15, -0.1) is 0 Å². The van der Waals surface area contributed by atoms with Crippen LogP contribution in [-0.2, 0) is 11.9 Å². The van der Waals surface area contributed by atoms with Gasteiger partial charge in [-0.3, -0.25) is 0 Å². The molecule has 2 aromatic carbocycles. The van der Waals surface area contributed by atoms with Crippen LogP contribution in [-0.4, -0.2) is 52.2 Å². The van der Waals surface area contributed by atoms with Gasteiger partial charge in [-0.1, -0.05) is 55.4 Å². The van der Waals surface area contributed by atoms with Gasteiger partial charge in [-0.25, -0.2) is 4.99 Å². The number of benzene rings is 2. The highest BCUT2D eigenvalue weighted by atomic mass is 16.6. The summed E-state index contributed by atoms with van der Waals surface area (Å²) in [5.74, 6) is 0.182. The first-order valence-corrected chi connectivity index (χ1v) is 10.4. The molecule has 3 aromatic rings. The largest absolute Gasteiger partial charge is 0.494 e. The minimum atomic E-state index is 0.182. The molecule has 1 aromatic heterocycles. The van der Waals surface area contributed by atoms with E-state index in [4.69, 9.17) is 9.83 Å². The van der Waals surface area contributed by atoms with E-state index in [2.05, 4.69) is 23.9 Å². The van der Waals surface area contributed by atoms with E-state index >= 15 is 0 Å². The van der Waals surface area contributed by atoms with Gasteiger partial charge in [0.1, 0.15) is 18.0 Å². The normalized spacial score (nSPS) is 14.6. The number of aryl methyl sites for hydroxylation is 2. The molecule has 0 saturated heterocycles. The van der Waals surface area contributed by atoms with Crippen LogP contribution in [0, 0.1) is 6.92 Å². The second kappa shape index (κ2) is 8.32. The lowest BCUT2D eigenvalue weighted by molar-refractivity contribution is 0.115. The highest BCUT2D eigenvalue weighted by Gasteiger charge is 2.30. The molecule has 6 nitrogen and oxygen atoms in total. The van der Waals surface area contributed by atoms with Gasteiger partial charge < -0.3 is 19.4 Å². The van der Waals surface area contributed by atoms with Crippen LogP contribution in [0.15, 0.2) is 52.6 Å². The standard InChI is InChI=1S/C24H28N4O2/c1-5-28(6-2)14-15-30-26-21-17-11-7-8-13-19(17)25-22(21)20-18-12-9-10-16(3)23(18)27(4)24(20)29/h7-13,29H,5-6,14-15H2,1-4H3. The Balaban J connectivity index is 1.76. The predicted octanol–water partition coefficient (Wildman–Crippen LogP) is 4.39. The van der Waals surface area contributed by atoms with E-state index in [1.54, 1.807) is 0 Å². The van der Waals surface area contributed by atoms with Crippen LogP contribution in [0.4, 0.5) is 5.69 Å². The topological polar surface area (TPSA) is 62.4 Å². The average Bonchev–Trinajstić information content (AvgIpc) is 3.23. The van der Waals surface area contributed by atoms with Gasteiger partial charge in [0.2, 0.25) is 5.88 Å². The fraction of sp³-hybridized carbons (Fsp3) is 0.333. The molecule has 2 heterocycles. The molecule has 1 aliphatic rings. The predicted molar refractivity (Wildman–Crippen MR) is 122 cm³/mol. The Kier molecular flexibility index (Phi) is 5.59. The summed E-state index contributed by atoms with van der Waals surface area (Å²) in [6, 6.07) is 13.9. The molecule has 30 heavy (non-hydrogen) atoms. The van der Waals surface area contributed by atoms with Gasteiger partial charge in [-0.05, 0) is 31.6 Å². The number of aromatic nitrogens is 1. The van der Waals surface area contributed by atoms with Gasteiger partial charge in [0.15, 0.2) is 0 Å². The summed E-state index contributed by atoms with van der Waals surface area (Å²) < 4.78 is 1.81. The first kappa shape index (κ1) is 20.2. The number of hydrogen-bond acceptors (Lipinski definition) is 5. The molecular formula is C24H28N4O2. The van der Waals surface area contributed by atoms with Gasteiger partial charge in [0.25, 0.3) is 0 Å². The van der Waals surface area contributed by atoms with Crippen LogP contribution in [0.1, 0.15) is 30.5 Å². The summed E-state index contributed by atoms with van der Waals surface area (Å²) in [7, 11) is 1.87. The highest BCUT2D eigenvalue weighted by Crippen LogP contribution is 2.37. The number of fused-ring (bicyclic) bond motifs is 2. The van der Waals surface area contributed by atoms with Gasteiger partial charge >= 0.3 is 0 Å². The zero-order chi connectivity index (χ0) is 21.3. The minimum Gasteiger partial charge on any atom is -0.494 e. The zero-order valence-corrected chi connectivity index (χ0v) is 18.0. The van der Waals surface area contributed by atoms with Crippen molar-refractivity contribution >= 4 is 28.0 Å². The fourth-order valence-corrected chi connectivity index (χ4v) is 4.09. The van der Waals surface area contributed by atoms with E-state index in [1.807, 2.05) is 61.0 Å². The SMILES string of the molecule is CCN(CC)CCON=C1C(c2c(O)n(C)c3c(C)cccc23)=Nc2ccccc21. The van der Waals surface area contributed by atoms with Crippen molar-refractivity contribution < 1.29 is 9.94 Å². The maximum absolute atomic E-state index is 11.0. The lowest BCUT2D eigenvalue weighted by atomic mass is 10.0. The van der Waals surface area contributed by atoms with Gasteiger partial charge in [-0.2, -0.15) is 0 Å². The van der Waals surface area contributed by atoms with Crippen LogP contribution in [0.3, 0.4) is 0 Å². The van der Waals surface area contributed by atoms with Crippen molar-refractivity contribution in [1.82, 2.24) is 9.47 Å². The van der Waals surface area contributed by atoms with E-state index in [9.17, 15) is 5.11 Å². The molecule has 4 rings (SSSR count). The summed E-state index contributed by atoms with van der Waals surface area (Å²) in [6.07, 6.45) is 0. The fourth-order valence-electron chi connectivity index (χ4n) is 4.09. The average molecular weight is 405 g/mol. The molecule has 0 atom stereocenters. The lowest BCUT2D eigenvalue weighted by Crippen LogP contribution is -2.26. The van der Waals surface area contributed by atoms with Crippen molar-refractivity contribution in [2.45, 2.75) is 20.8 Å². The van der Waals surface area contributed by atoms with E-state index < -0.39 is 0 Å². The number of likely N-dealkylation sites (N-methyl/N-ethyl adjacent to an activating group) is 1. The number of aliphatic imine (C=N–C) groups is 1. The number of rotatable bonds is 7. The molecule has 0 unspecified atom stereocenters. The summed E-state index contributed by atoms with van der Waals surface area (Å²) in [5.41, 5.74) is 5.84. The number of oxime groups is 1. The van der Waals surface area contributed by atoms with Crippen LogP contribution in [0.5, 0.6) is 5.88 Å². The Labute approximate surface area is 177 Å². The van der Waals surface area contributed by atoms with Crippen molar-refractivity contribution in [2.24, 2.45) is 17.2 Å². The smallest absolute Gasteiger partial charge is 0.201 e. The molecule has 0 amide bonds. The van der Waals surface area contributed by atoms with Crippen molar-refractivity contribution in [3.63, 3.8) is 0 Å². The molecule has 0 fully saturated rings. The highest BCUT2D eigenvalue weighted by molar-refractivity contribution is 6.58. The van der Waals surface area contributed by atoms with E-state index in [1.165, 1.54) is 0 Å². The Morgan fingerprint density at radius 3 is 2.63 bits per heavy atom. The first-order valence-electron chi connectivity index (χ1n) is 10.4. The molecule has 1 N–H and O–H groups in total. The monoisotopic (exact) mass is 404 g/mol. The molecule has 0 bridgehead atoms. The molecule has 6 heteroatoms. The molecule has 0 radical (unpaired) electrons. The van der Waals surface area contributed by atoms with Crippen LogP contribution >= 0.6 is 0 Å². The van der Waals surface area contributed by atoms with Gasteiger partial charge in [0.05, 0.1) is 16.8 Å². The van der Waals surface area contributed by atoms with E-state index in [-0.39, 0.29) is 5.88 Å². The van der Waals surface area contributed by atoms with E-state index in [0.29, 0.717) is 23.6 Å². The van der Waals surface area contributed by atoms with Crippen molar-refractivity contribution in [3.8, 4) is 5.88 Å². The van der Waals surface area contributed by atoms with Crippen molar-refractivity contribution in [1.29, 1.82) is 0 Å². The molecule has 0 aliphatic carbocycles. The van der Waals surface area contributed by atoms with E-state index in [0.717, 1.165) is 47.4 Å². The van der Waals surface area contributed by atoms with Gasteiger partial charge in [0, 0.05) is 24.5 Å². The first-order chi connectivity index (χ1) is 14.6. The Bertz CT molecular complexity index is 1140. The Morgan fingerprint density at radius 2 is 1.87 bits per heavy atom. The molecular weight excluding hydrogens is 376 g/mol. The second-order valence-electron chi connectivity index (χ2n) is 7.51. The molecule has 1 aliphatic heterocycles. The third-order valence-corrected chi connectivity index (χ3v) is 5.79. The lowest BCUT2D eigenvalue weighted by Gasteiger charge is -2.16. The number of aromatic hydroxyl groups is 1.